The molecule has 0 saturated heterocycles. The number of carbonyl (C=O) groups excluding carboxylic acids is 2. The molecule has 7 heteroatoms. The fourth-order valence-corrected chi connectivity index (χ4v) is 4.27. The van der Waals surface area contributed by atoms with Crippen molar-refractivity contribution in [2.75, 3.05) is 25.1 Å². The summed E-state index contributed by atoms with van der Waals surface area (Å²) in [5.41, 5.74) is 2.64. The number of carboxylic acids is 1. The Morgan fingerprint density at radius 1 is 1.16 bits per heavy atom. The lowest BCUT2D eigenvalue weighted by molar-refractivity contribution is -0.151. The fraction of sp³-hybridized carbons (Fsp3) is 0.400. The number of carboxylic acid groups (broad SMARTS) is 1. The fourth-order valence-electron chi connectivity index (χ4n) is 4.27. The molecule has 2 atom stereocenters. The molecular formula is C25H30N2O5. The van der Waals surface area contributed by atoms with Gasteiger partial charge in [-0.2, -0.15) is 0 Å². The van der Waals surface area contributed by atoms with Crippen LogP contribution in [-0.4, -0.2) is 60.1 Å². The third-order valence-electron chi connectivity index (χ3n) is 5.91. The molecular weight excluding hydrogens is 408 g/mol. The van der Waals surface area contributed by atoms with Crippen LogP contribution in [0.3, 0.4) is 0 Å². The van der Waals surface area contributed by atoms with Gasteiger partial charge in [0.1, 0.15) is 12.6 Å². The number of carbonyl (C=O) groups is 3. The minimum Gasteiger partial charge on any atom is -0.480 e. The van der Waals surface area contributed by atoms with Crippen molar-refractivity contribution in [1.82, 2.24) is 4.90 Å². The van der Waals surface area contributed by atoms with Gasteiger partial charge in [-0.1, -0.05) is 48.5 Å². The van der Waals surface area contributed by atoms with Crippen LogP contribution in [0, 0.1) is 0 Å². The van der Waals surface area contributed by atoms with Gasteiger partial charge < -0.3 is 9.84 Å². The van der Waals surface area contributed by atoms with E-state index in [1.165, 1.54) is 4.90 Å². The Morgan fingerprint density at radius 3 is 2.53 bits per heavy atom. The molecule has 0 radical (unpaired) electrons. The standard InChI is InChI=1S/C25H30N2O5/c1-3-32-25(31)22(15-13-18-9-5-4-6-10-18)26(2)21-16-14-19-11-7-8-12-20(19)27(24(21)30)17-23(28)29/h4-12,21-22H,3,13-17H2,1-2H3,(H,28,29)/t21-,22-/m0/s1. The van der Waals surface area contributed by atoms with Crippen LogP contribution < -0.4 is 4.90 Å². The van der Waals surface area contributed by atoms with E-state index in [4.69, 9.17) is 4.74 Å². The zero-order valence-electron chi connectivity index (χ0n) is 18.6. The number of amides is 1. The molecule has 0 saturated carbocycles. The maximum absolute atomic E-state index is 13.5. The second-order valence-electron chi connectivity index (χ2n) is 7.96. The van der Waals surface area contributed by atoms with Gasteiger partial charge in [0.05, 0.1) is 12.6 Å². The van der Waals surface area contributed by atoms with E-state index < -0.39 is 24.6 Å². The van der Waals surface area contributed by atoms with E-state index in [9.17, 15) is 19.5 Å². The van der Waals surface area contributed by atoms with E-state index in [0.29, 0.717) is 31.4 Å². The Kier molecular flexibility index (Phi) is 8.00. The van der Waals surface area contributed by atoms with Crippen molar-refractivity contribution in [3.63, 3.8) is 0 Å². The normalized spacial score (nSPS) is 16.9. The summed E-state index contributed by atoms with van der Waals surface area (Å²) >= 11 is 0. The summed E-state index contributed by atoms with van der Waals surface area (Å²) in [7, 11) is 1.75. The van der Waals surface area contributed by atoms with E-state index in [2.05, 4.69) is 0 Å². The van der Waals surface area contributed by atoms with Crippen molar-refractivity contribution in [3.8, 4) is 0 Å². The van der Waals surface area contributed by atoms with E-state index in [1.807, 2.05) is 42.5 Å². The van der Waals surface area contributed by atoms with Crippen molar-refractivity contribution in [3.05, 3.63) is 65.7 Å². The Morgan fingerprint density at radius 2 is 1.84 bits per heavy atom. The molecule has 32 heavy (non-hydrogen) atoms. The van der Waals surface area contributed by atoms with Crippen molar-refractivity contribution < 1.29 is 24.2 Å². The quantitative estimate of drug-likeness (QED) is 0.606. The number of esters is 1. The van der Waals surface area contributed by atoms with Crippen LogP contribution in [0.25, 0.3) is 0 Å². The van der Waals surface area contributed by atoms with Gasteiger partial charge in [0.25, 0.3) is 0 Å². The zero-order chi connectivity index (χ0) is 23.1. The first-order chi connectivity index (χ1) is 15.4. The molecule has 0 fully saturated rings. The number of anilines is 1. The summed E-state index contributed by atoms with van der Waals surface area (Å²) in [6.07, 6.45) is 2.26. The largest absolute Gasteiger partial charge is 0.480 e. The predicted molar refractivity (Wildman–Crippen MR) is 121 cm³/mol. The zero-order valence-corrected chi connectivity index (χ0v) is 18.6. The Labute approximate surface area is 188 Å². The molecule has 0 spiro atoms. The molecule has 2 aromatic rings. The third kappa shape index (κ3) is 5.53. The number of hydrogen-bond acceptors (Lipinski definition) is 5. The number of para-hydroxylation sites is 1. The molecule has 2 aromatic carbocycles. The van der Waals surface area contributed by atoms with Gasteiger partial charge in [-0.25, -0.2) is 0 Å². The van der Waals surface area contributed by atoms with Gasteiger partial charge in [0, 0.05) is 5.69 Å². The third-order valence-corrected chi connectivity index (χ3v) is 5.91. The molecule has 1 heterocycles. The van der Waals surface area contributed by atoms with Crippen LogP contribution >= 0.6 is 0 Å². The van der Waals surface area contributed by atoms with Crippen molar-refractivity contribution >= 4 is 23.5 Å². The van der Waals surface area contributed by atoms with Crippen LogP contribution in [0.1, 0.15) is 30.9 Å². The summed E-state index contributed by atoms with van der Waals surface area (Å²) in [4.78, 5) is 41.0. The SMILES string of the molecule is CCOC(=O)[C@H](CCc1ccccc1)N(C)[C@H]1CCc2ccccc2N(CC(=O)O)C1=O. The van der Waals surface area contributed by atoms with Gasteiger partial charge in [0.15, 0.2) is 0 Å². The predicted octanol–water partition coefficient (Wildman–Crippen LogP) is 2.92. The second kappa shape index (κ2) is 10.9. The average molecular weight is 439 g/mol. The first kappa shape index (κ1) is 23.5. The summed E-state index contributed by atoms with van der Waals surface area (Å²) < 4.78 is 5.32. The van der Waals surface area contributed by atoms with E-state index in [-0.39, 0.29) is 18.5 Å². The van der Waals surface area contributed by atoms with Crippen LogP contribution in [-0.2, 0) is 32.0 Å². The number of ether oxygens (including phenoxy) is 1. The Hall–Kier alpha value is -3.19. The highest BCUT2D eigenvalue weighted by molar-refractivity contribution is 6.02. The molecule has 1 amide bonds. The lowest BCUT2D eigenvalue weighted by Gasteiger charge is -2.34. The van der Waals surface area contributed by atoms with Crippen LogP contribution in [0.4, 0.5) is 5.69 Å². The number of fused-ring (bicyclic) bond motifs is 1. The molecule has 3 rings (SSSR count). The minimum atomic E-state index is -1.08. The number of benzene rings is 2. The van der Waals surface area contributed by atoms with Gasteiger partial charge in [0.2, 0.25) is 5.91 Å². The van der Waals surface area contributed by atoms with Crippen LogP contribution in [0.5, 0.6) is 0 Å². The Balaban J connectivity index is 1.87. The number of aryl methyl sites for hydroxylation is 2. The van der Waals surface area contributed by atoms with Crippen LogP contribution in [0.2, 0.25) is 0 Å². The summed E-state index contributed by atoms with van der Waals surface area (Å²) in [5.74, 6) is -1.76. The Bertz CT molecular complexity index is 946. The monoisotopic (exact) mass is 438 g/mol. The molecule has 1 N–H and O–H groups in total. The smallest absolute Gasteiger partial charge is 0.323 e. The van der Waals surface area contributed by atoms with Gasteiger partial charge in [-0.05, 0) is 56.8 Å². The van der Waals surface area contributed by atoms with Crippen molar-refractivity contribution in [1.29, 1.82) is 0 Å². The number of rotatable bonds is 9. The molecule has 0 aliphatic carbocycles. The minimum absolute atomic E-state index is 0.254. The van der Waals surface area contributed by atoms with Gasteiger partial charge in [-0.3, -0.25) is 24.2 Å². The molecule has 0 bridgehead atoms. The van der Waals surface area contributed by atoms with Crippen molar-refractivity contribution in [2.24, 2.45) is 0 Å². The lowest BCUT2D eigenvalue weighted by Crippen LogP contribution is -2.53. The van der Waals surface area contributed by atoms with Gasteiger partial charge >= 0.3 is 11.9 Å². The average Bonchev–Trinajstić information content (AvgIpc) is 2.91. The van der Waals surface area contributed by atoms with E-state index in [1.54, 1.807) is 31.0 Å². The van der Waals surface area contributed by atoms with Crippen molar-refractivity contribution in [2.45, 2.75) is 44.7 Å². The maximum atomic E-state index is 13.5. The molecule has 170 valence electrons. The summed E-state index contributed by atoms with van der Waals surface area (Å²) in [6.45, 7) is 1.59. The molecule has 0 aromatic heterocycles. The molecule has 1 aliphatic heterocycles. The van der Waals surface area contributed by atoms with Gasteiger partial charge in [-0.15, -0.1) is 0 Å². The highest BCUT2D eigenvalue weighted by Gasteiger charge is 2.38. The summed E-state index contributed by atoms with van der Waals surface area (Å²) in [6, 6.07) is 16.0. The highest BCUT2D eigenvalue weighted by Crippen LogP contribution is 2.29. The highest BCUT2D eigenvalue weighted by atomic mass is 16.5. The number of nitrogens with zero attached hydrogens (tertiary/aromatic N) is 2. The number of likely N-dealkylation sites (N-methyl/N-ethyl adjacent to an activating group) is 1. The number of hydrogen-bond donors (Lipinski definition) is 1. The lowest BCUT2D eigenvalue weighted by atomic mass is 10.0. The molecule has 1 aliphatic rings. The topological polar surface area (TPSA) is 87.2 Å². The van der Waals surface area contributed by atoms with E-state index >= 15 is 0 Å². The maximum Gasteiger partial charge on any atom is 0.323 e. The second-order valence-corrected chi connectivity index (χ2v) is 7.96. The van der Waals surface area contributed by atoms with E-state index in [0.717, 1.165) is 11.1 Å². The van der Waals surface area contributed by atoms with Crippen LogP contribution in [0.15, 0.2) is 54.6 Å². The number of aliphatic carboxylic acids is 1. The summed E-state index contributed by atoms with van der Waals surface area (Å²) in [5, 5.41) is 9.42. The molecule has 0 unspecified atom stereocenters. The first-order valence-electron chi connectivity index (χ1n) is 11.0. The molecule has 7 nitrogen and oxygen atoms in total. The first-order valence-corrected chi connectivity index (χ1v) is 11.0.